The van der Waals surface area contributed by atoms with Crippen molar-refractivity contribution >= 4 is 23.3 Å². The van der Waals surface area contributed by atoms with Crippen LogP contribution in [0.15, 0.2) is 53.2 Å². The number of piperazine rings is 1. The third-order valence-corrected chi connectivity index (χ3v) is 4.89. The molecule has 2 heterocycles. The first kappa shape index (κ1) is 16.4. The Bertz CT molecular complexity index is 726. The Hall–Kier alpha value is -2.42. The van der Waals surface area contributed by atoms with Crippen LogP contribution in [0, 0.1) is 11.3 Å². The predicted molar refractivity (Wildman–Crippen MR) is 96.3 cm³/mol. The van der Waals surface area contributed by atoms with Gasteiger partial charge < -0.3 is 4.90 Å². The summed E-state index contributed by atoms with van der Waals surface area (Å²) >= 11 is 1.62. The molecule has 1 aromatic carbocycles. The van der Waals surface area contributed by atoms with Crippen LogP contribution in [0.1, 0.15) is 17.2 Å². The van der Waals surface area contributed by atoms with Gasteiger partial charge in [-0.25, -0.2) is 0 Å². The topological polar surface area (TPSA) is 47.3 Å². The highest BCUT2D eigenvalue weighted by Gasteiger charge is 2.26. The second kappa shape index (κ2) is 7.91. The third kappa shape index (κ3) is 3.91. The molecule has 2 aromatic rings. The van der Waals surface area contributed by atoms with E-state index in [0.717, 1.165) is 11.1 Å². The molecule has 0 radical (unpaired) electrons. The quantitative estimate of drug-likeness (QED) is 0.805. The van der Waals surface area contributed by atoms with Crippen molar-refractivity contribution in [3.8, 4) is 6.07 Å². The van der Waals surface area contributed by atoms with Crippen molar-refractivity contribution in [3.05, 3.63) is 64.4 Å². The fourth-order valence-corrected chi connectivity index (χ4v) is 3.47. The minimum atomic E-state index is -0.246. The van der Waals surface area contributed by atoms with Crippen LogP contribution in [0.3, 0.4) is 0 Å². The summed E-state index contributed by atoms with van der Waals surface area (Å²) in [6.45, 7) is 2.73. The van der Waals surface area contributed by atoms with Gasteiger partial charge in [0.2, 0.25) is 5.91 Å². The molecule has 1 atom stereocenters. The van der Waals surface area contributed by atoms with Crippen molar-refractivity contribution in [1.29, 1.82) is 5.26 Å². The SMILES string of the molecule is N#CC(c1ccccc1)N1CCN(C(=O)/C=C/c2ccsc2)CC1. The minimum absolute atomic E-state index is 0.0362. The molecule has 0 saturated carbocycles. The average molecular weight is 337 g/mol. The Morgan fingerprint density at radius 1 is 1.17 bits per heavy atom. The van der Waals surface area contributed by atoms with Crippen LogP contribution in [0.4, 0.5) is 0 Å². The number of benzene rings is 1. The lowest BCUT2D eigenvalue weighted by atomic mass is 10.1. The van der Waals surface area contributed by atoms with Gasteiger partial charge in [-0.2, -0.15) is 16.6 Å². The van der Waals surface area contributed by atoms with E-state index in [1.54, 1.807) is 17.4 Å². The third-order valence-electron chi connectivity index (χ3n) is 4.19. The fraction of sp³-hybridized carbons (Fsp3) is 0.263. The van der Waals surface area contributed by atoms with Crippen molar-refractivity contribution in [2.75, 3.05) is 26.2 Å². The van der Waals surface area contributed by atoms with E-state index >= 15 is 0 Å². The Morgan fingerprint density at radius 2 is 1.92 bits per heavy atom. The molecule has 1 fully saturated rings. The number of hydrogen-bond donors (Lipinski definition) is 0. The van der Waals surface area contributed by atoms with E-state index in [2.05, 4.69) is 11.0 Å². The maximum Gasteiger partial charge on any atom is 0.246 e. The highest BCUT2D eigenvalue weighted by molar-refractivity contribution is 7.08. The van der Waals surface area contributed by atoms with Gasteiger partial charge in [0, 0.05) is 32.3 Å². The number of carbonyl (C=O) groups excluding carboxylic acids is 1. The monoisotopic (exact) mass is 337 g/mol. The molecule has 0 aliphatic carbocycles. The minimum Gasteiger partial charge on any atom is -0.337 e. The zero-order valence-electron chi connectivity index (χ0n) is 13.3. The predicted octanol–water partition coefficient (Wildman–Crippen LogP) is 3.17. The summed E-state index contributed by atoms with van der Waals surface area (Å²) in [5.74, 6) is 0.0362. The summed E-state index contributed by atoms with van der Waals surface area (Å²) in [5, 5.41) is 13.5. The van der Waals surface area contributed by atoms with Crippen molar-refractivity contribution in [2.45, 2.75) is 6.04 Å². The number of rotatable bonds is 4. The molecule has 1 aliphatic heterocycles. The van der Waals surface area contributed by atoms with Crippen LogP contribution in [0.25, 0.3) is 6.08 Å². The number of hydrogen-bond acceptors (Lipinski definition) is 4. The number of nitriles is 1. The first-order chi connectivity index (χ1) is 11.8. The molecule has 0 N–H and O–H groups in total. The van der Waals surface area contributed by atoms with Crippen molar-refractivity contribution in [2.24, 2.45) is 0 Å². The van der Waals surface area contributed by atoms with Crippen LogP contribution < -0.4 is 0 Å². The van der Waals surface area contributed by atoms with Crippen molar-refractivity contribution < 1.29 is 4.79 Å². The standard InChI is InChI=1S/C19H19N3OS/c20-14-18(17-4-2-1-3-5-17)21-9-11-22(12-10-21)19(23)7-6-16-8-13-24-15-16/h1-8,13,15,18H,9-12H2/b7-6+. The fourth-order valence-electron chi connectivity index (χ4n) is 2.85. The summed E-state index contributed by atoms with van der Waals surface area (Å²) in [6.07, 6.45) is 3.49. The zero-order valence-corrected chi connectivity index (χ0v) is 14.2. The molecule has 0 bridgehead atoms. The van der Waals surface area contributed by atoms with Gasteiger partial charge in [0.15, 0.2) is 0 Å². The second-order valence-electron chi connectivity index (χ2n) is 5.69. The number of nitrogens with zero attached hydrogens (tertiary/aromatic N) is 3. The molecule has 0 spiro atoms. The van der Waals surface area contributed by atoms with Crippen LogP contribution in [-0.2, 0) is 4.79 Å². The van der Waals surface area contributed by atoms with E-state index in [-0.39, 0.29) is 11.9 Å². The molecular formula is C19H19N3OS. The second-order valence-corrected chi connectivity index (χ2v) is 6.47. The molecule has 5 heteroatoms. The van der Waals surface area contributed by atoms with Gasteiger partial charge in [-0.1, -0.05) is 30.3 Å². The molecule has 1 amide bonds. The van der Waals surface area contributed by atoms with E-state index in [1.807, 2.05) is 58.1 Å². The van der Waals surface area contributed by atoms with E-state index in [9.17, 15) is 10.1 Å². The van der Waals surface area contributed by atoms with Gasteiger partial charge >= 0.3 is 0 Å². The van der Waals surface area contributed by atoms with Gasteiger partial charge in [0.1, 0.15) is 6.04 Å². The number of carbonyl (C=O) groups is 1. The Morgan fingerprint density at radius 3 is 2.54 bits per heavy atom. The van der Waals surface area contributed by atoms with Crippen molar-refractivity contribution in [3.63, 3.8) is 0 Å². The van der Waals surface area contributed by atoms with E-state index in [1.165, 1.54) is 0 Å². The molecule has 1 unspecified atom stereocenters. The summed E-state index contributed by atoms with van der Waals surface area (Å²) in [4.78, 5) is 16.3. The Kier molecular flexibility index (Phi) is 5.42. The average Bonchev–Trinajstić information content (AvgIpc) is 3.15. The maximum absolute atomic E-state index is 12.3. The largest absolute Gasteiger partial charge is 0.337 e. The molecule has 1 saturated heterocycles. The van der Waals surface area contributed by atoms with Crippen LogP contribution in [-0.4, -0.2) is 41.9 Å². The first-order valence-electron chi connectivity index (χ1n) is 7.96. The highest BCUT2D eigenvalue weighted by Crippen LogP contribution is 2.21. The zero-order chi connectivity index (χ0) is 16.8. The lowest BCUT2D eigenvalue weighted by Crippen LogP contribution is -2.49. The maximum atomic E-state index is 12.3. The Balaban J connectivity index is 1.57. The van der Waals surface area contributed by atoms with Gasteiger partial charge in [-0.15, -0.1) is 0 Å². The van der Waals surface area contributed by atoms with E-state index in [4.69, 9.17) is 0 Å². The van der Waals surface area contributed by atoms with Crippen molar-refractivity contribution in [1.82, 2.24) is 9.80 Å². The van der Waals surface area contributed by atoms with Crippen LogP contribution in [0.5, 0.6) is 0 Å². The van der Waals surface area contributed by atoms with Gasteiger partial charge in [0.25, 0.3) is 0 Å². The Labute approximate surface area is 146 Å². The summed E-state index contributed by atoms with van der Waals surface area (Å²) < 4.78 is 0. The normalized spacial score (nSPS) is 16.9. The summed E-state index contributed by atoms with van der Waals surface area (Å²) in [7, 11) is 0. The smallest absolute Gasteiger partial charge is 0.246 e. The molecule has 4 nitrogen and oxygen atoms in total. The lowest BCUT2D eigenvalue weighted by molar-refractivity contribution is -0.127. The van der Waals surface area contributed by atoms with Crippen LogP contribution in [0.2, 0.25) is 0 Å². The molecule has 1 aliphatic rings. The molecular weight excluding hydrogens is 318 g/mol. The number of amides is 1. The van der Waals surface area contributed by atoms with Crippen LogP contribution >= 0.6 is 11.3 Å². The van der Waals surface area contributed by atoms with E-state index in [0.29, 0.717) is 26.2 Å². The van der Waals surface area contributed by atoms with Gasteiger partial charge in [0.05, 0.1) is 6.07 Å². The van der Waals surface area contributed by atoms with Gasteiger partial charge in [-0.05, 0) is 34.0 Å². The molecule has 122 valence electrons. The first-order valence-corrected chi connectivity index (χ1v) is 8.90. The highest BCUT2D eigenvalue weighted by atomic mass is 32.1. The molecule has 24 heavy (non-hydrogen) atoms. The van der Waals surface area contributed by atoms with Gasteiger partial charge in [-0.3, -0.25) is 9.69 Å². The van der Waals surface area contributed by atoms with E-state index < -0.39 is 0 Å². The number of thiophene rings is 1. The summed E-state index contributed by atoms with van der Waals surface area (Å²) in [5.41, 5.74) is 2.07. The lowest BCUT2D eigenvalue weighted by Gasteiger charge is -2.36. The summed E-state index contributed by atoms with van der Waals surface area (Å²) in [6, 6.07) is 14.0. The molecule has 1 aromatic heterocycles. The molecule has 3 rings (SSSR count).